The van der Waals surface area contributed by atoms with Gasteiger partial charge in [0.1, 0.15) is 17.2 Å². The number of amides is 2. The van der Waals surface area contributed by atoms with Crippen LogP contribution in [0, 0.1) is 5.92 Å². The van der Waals surface area contributed by atoms with Crippen LogP contribution >= 0.6 is 0 Å². The molecule has 0 heterocycles. The molecule has 0 saturated carbocycles. The maximum atomic E-state index is 12.9. The number of carbonyl (C=O) groups excluding carboxylic acids is 3. The van der Waals surface area contributed by atoms with Gasteiger partial charge in [-0.05, 0) is 39.2 Å². The molecule has 0 radical (unpaired) electrons. The van der Waals surface area contributed by atoms with Gasteiger partial charge in [-0.3, -0.25) is 4.79 Å². The molecule has 0 unspecified atom stereocenters. The van der Waals surface area contributed by atoms with Gasteiger partial charge >= 0.3 is 12.1 Å². The van der Waals surface area contributed by atoms with Crippen LogP contribution in [0.25, 0.3) is 0 Å². The quantitative estimate of drug-likeness (QED) is 0.696. The summed E-state index contributed by atoms with van der Waals surface area (Å²) in [6.07, 6.45) is -0.437. The van der Waals surface area contributed by atoms with Crippen LogP contribution in [0.1, 0.15) is 47.1 Å². The van der Waals surface area contributed by atoms with E-state index in [0.717, 1.165) is 5.56 Å². The molecule has 0 aliphatic rings. The molecule has 0 aliphatic carbocycles. The average molecular weight is 392 g/mol. The lowest BCUT2D eigenvalue weighted by atomic mass is 9.91. The Labute approximate surface area is 167 Å². The first kappa shape index (κ1) is 23.5. The largest absolute Gasteiger partial charge is 0.467 e. The maximum absolute atomic E-state index is 12.9. The highest BCUT2D eigenvalue weighted by Crippen LogP contribution is 2.17. The third-order valence-corrected chi connectivity index (χ3v) is 4.06. The van der Waals surface area contributed by atoms with E-state index in [0.29, 0.717) is 0 Å². The van der Waals surface area contributed by atoms with E-state index in [4.69, 9.17) is 9.47 Å². The summed E-state index contributed by atoms with van der Waals surface area (Å²) >= 11 is 0. The van der Waals surface area contributed by atoms with Crippen LogP contribution in [-0.2, 0) is 25.5 Å². The molecule has 0 aliphatic heterocycles. The standard InChI is InChI=1S/C21H32N2O5/c1-14(2)16(22-19(26)28-20(3,4)5)17(24)23-21(6,18(25)27-7)13-15-11-9-8-10-12-15/h8-12,14,16H,13H2,1-7H3,(H,22,26)(H,23,24)/t16-,21+/m0/s1. The van der Waals surface area contributed by atoms with Crippen molar-refractivity contribution in [3.05, 3.63) is 35.9 Å². The number of alkyl carbamates (subject to hydrolysis) is 1. The zero-order chi connectivity index (χ0) is 21.5. The second-order valence-electron chi connectivity index (χ2n) is 8.34. The van der Waals surface area contributed by atoms with Crippen LogP contribution < -0.4 is 10.6 Å². The minimum atomic E-state index is -1.28. The molecule has 0 fully saturated rings. The molecule has 2 atom stereocenters. The third-order valence-electron chi connectivity index (χ3n) is 4.06. The first-order valence-corrected chi connectivity index (χ1v) is 9.32. The van der Waals surface area contributed by atoms with Gasteiger partial charge in [-0.1, -0.05) is 44.2 Å². The summed E-state index contributed by atoms with van der Waals surface area (Å²) in [5.41, 5.74) is -1.09. The Hall–Kier alpha value is -2.57. The van der Waals surface area contributed by atoms with E-state index in [1.54, 1.807) is 41.5 Å². The lowest BCUT2D eigenvalue weighted by molar-refractivity contribution is -0.150. The number of methoxy groups -OCH3 is 1. The summed E-state index contributed by atoms with van der Waals surface area (Å²) in [6, 6.07) is 8.45. The van der Waals surface area contributed by atoms with Crippen molar-refractivity contribution in [2.24, 2.45) is 5.92 Å². The smallest absolute Gasteiger partial charge is 0.408 e. The number of benzene rings is 1. The predicted molar refractivity (Wildman–Crippen MR) is 107 cm³/mol. The topological polar surface area (TPSA) is 93.7 Å². The summed E-state index contributed by atoms with van der Waals surface area (Å²) in [5.74, 6) is -1.26. The monoisotopic (exact) mass is 392 g/mol. The number of hydrogen-bond acceptors (Lipinski definition) is 5. The maximum Gasteiger partial charge on any atom is 0.408 e. The van der Waals surface area contributed by atoms with Gasteiger partial charge in [0.2, 0.25) is 5.91 Å². The van der Waals surface area contributed by atoms with E-state index < -0.39 is 35.2 Å². The fraction of sp³-hybridized carbons (Fsp3) is 0.571. The molecule has 0 saturated heterocycles. The van der Waals surface area contributed by atoms with E-state index in [1.807, 2.05) is 30.3 Å². The van der Waals surface area contributed by atoms with Crippen molar-refractivity contribution in [2.45, 2.75) is 65.1 Å². The highest BCUT2D eigenvalue weighted by atomic mass is 16.6. The molecule has 0 spiro atoms. The highest BCUT2D eigenvalue weighted by molar-refractivity contribution is 5.92. The molecule has 7 heteroatoms. The molecule has 1 rings (SSSR count). The molecule has 7 nitrogen and oxygen atoms in total. The Bertz CT molecular complexity index is 682. The van der Waals surface area contributed by atoms with Gasteiger partial charge in [0.25, 0.3) is 0 Å². The second-order valence-corrected chi connectivity index (χ2v) is 8.34. The number of ether oxygens (including phenoxy) is 2. The molecule has 0 aromatic heterocycles. The van der Waals surface area contributed by atoms with Gasteiger partial charge in [0.15, 0.2) is 0 Å². The van der Waals surface area contributed by atoms with Crippen LogP contribution in [0.2, 0.25) is 0 Å². The Morgan fingerprint density at radius 3 is 2.07 bits per heavy atom. The summed E-state index contributed by atoms with van der Waals surface area (Å²) in [4.78, 5) is 37.5. The predicted octanol–water partition coefficient (Wildman–Crippen LogP) is 2.83. The molecule has 156 valence electrons. The molecule has 2 amide bonds. The minimum absolute atomic E-state index is 0.217. The van der Waals surface area contributed by atoms with Gasteiger partial charge in [-0.25, -0.2) is 9.59 Å². The van der Waals surface area contributed by atoms with E-state index in [1.165, 1.54) is 7.11 Å². The third kappa shape index (κ3) is 7.21. The number of nitrogens with one attached hydrogen (secondary N) is 2. The van der Waals surface area contributed by atoms with Gasteiger partial charge in [-0.2, -0.15) is 0 Å². The van der Waals surface area contributed by atoms with E-state index in [9.17, 15) is 14.4 Å². The number of hydrogen-bond donors (Lipinski definition) is 2. The van der Waals surface area contributed by atoms with Crippen molar-refractivity contribution in [1.29, 1.82) is 0 Å². The minimum Gasteiger partial charge on any atom is -0.467 e. The van der Waals surface area contributed by atoms with Gasteiger partial charge < -0.3 is 20.1 Å². The fourth-order valence-corrected chi connectivity index (χ4v) is 2.72. The molecule has 28 heavy (non-hydrogen) atoms. The lowest BCUT2D eigenvalue weighted by Crippen LogP contribution is -2.60. The van der Waals surface area contributed by atoms with Crippen LogP contribution in [-0.4, -0.2) is 42.3 Å². The Balaban J connectivity index is 2.99. The SMILES string of the molecule is COC(=O)[C@@](C)(Cc1ccccc1)NC(=O)[C@@H](NC(=O)OC(C)(C)C)C(C)C. The lowest BCUT2D eigenvalue weighted by Gasteiger charge is -2.31. The van der Waals surface area contributed by atoms with Gasteiger partial charge in [0.05, 0.1) is 7.11 Å². The highest BCUT2D eigenvalue weighted by Gasteiger charge is 2.39. The van der Waals surface area contributed by atoms with Crippen LogP contribution in [0.5, 0.6) is 0 Å². The normalized spacial score (nSPS) is 14.6. The summed E-state index contributed by atoms with van der Waals surface area (Å²) in [5, 5.41) is 5.35. The molecule has 0 bridgehead atoms. The van der Waals surface area contributed by atoms with Gasteiger partial charge in [-0.15, -0.1) is 0 Å². The molecule has 1 aromatic carbocycles. The van der Waals surface area contributed by atoms with E-state index in [-0.39, 0.29) is 12.3 Å². The summed E-state index contributed by atoms with van der Waals surface area (Å²) < 4.78 is 10.2. The first-order valence-electron chi connectivity index (χ1n) is 9.32. The Morgan fingerprint density at radius 2 is 1.61 bits per heavy atom. The van der Waals surface area contributed by atoms with Crippen molar-refractivity contribution in [2.75, 3.05) is 7.11 Å². The van der Waals surface area contributed by atoms with Crippen molar-refractivity contribution < 1.29 is 23.9 Å². The second kappa shape index (κ2) is 9.57. The molecule has 1 aromatic rings. The number of esters is 1. The number of carbonyl (C=O) groups is 3. The summed E-state index contributed by atoms with van der Waals surface area (Å²) in [7, 11) is 1.27. The van der Waals surface area contributed by atoms with Crippen molar-refractivity contribution in [1.82, 2.24) is 10.6 Å². The summed E-state index contributed by atoms with van der Waals surface area (Å²) in [6.45, 7) is 10.4. The van der Waals surface area contributed by atoms with Crippen LogP contribution in [0.3, 0.4) is 0 Å². The zero-order valence-electron chi connectivity index (χ0n) is 17.8. The van der Waals surface area contributed by atoms with Gasteiger partial charge in [0, 0.05) is 6.42 Å². The van der Waals surface area contributed by atoms with E-state index >= 15 is 0 Å². The first-order chi connectivity index (χ1) is 12.9. The van der Waals surface area contributed by atoms with Crippen molar-refractivity contribution >= 4 is 18.0 Å². The van der Waals surface area contributed by atoms with Crippen LogP contribution in [0.4, 0.5) is 4.79 Å². The number of rotatable bonds is 7. The van der Waals surface area contributed by atoms with E-state index in [2.05, 4.69) is 10.6 Å². The van der Waals surface area contributed by atoms with Crippen molar-refractivity contribution in [3.63, 3.8) is 0 Å². The van der Waals surface area contributed by atoms with Crippen LogP contribution in [0.15, 0.2) is 30.3 Å². The molecular formula is C21H32N2O5. The average Bonchev–Trinajstić information content (AvgIpc) is 2.57. The molecule has 2 N–H and O–H groups in total. The Kier molecular flexibility index (Phi) is 8.02. The fourth-order valence-electron chi connectivity index (χ4n) is 2.72. The Morgan fingerprint density at radius 1 is 1.04 bits per heavy atom. The zero-order valence-corrected chi connectivity index (χ0v) is 17.8. The molecular weight excluding hydrogens is 360 g/mol. The van der Waals surface area contributed by atoms with Crippen molar-refractivity contribution in [3.8, 4) is 0 Å².